The monoisotopic (exact) mass is 420 g/mol. The standard InChI is InChI=1S/C21H25ClN2O3S/c1-15-3-6-17(7-4-15)14-28(26,27)24-11-9-18(10-12-24)21(25)23-20-13-19(22)8-5-16(20)2/h3-8,13,18H,9-12,14H2,1-2H3,(H,23,25). The third-order valence-electron chi connectivity index (χ3n) is 5.15. The fourth-order valence-corrected chi connectivity index (χ4v) is 5.08. The van der Waals surface area contributed by atoms with Crippen LogP contribution in [0.1, 0.15) is 29.5 Å². The number of benzene rings is 2. The molecule has 150 valence electrons. The van der Waals surface area contributed by atoms with Crippen LogP contribution in [-0.4, -0.2) is 31.7 Å². The topological polar surface area (TPSA) is 66.5 Å². The van der Waals surface area contributed by atoms with Gasteiger partial charge in [0.1, 0.15) is 0 Å². The molecule has 2 aromatic carbocycles. The minimum Gasteiger partial charge on any atom is -0.326 e. The molecule has 0 aliphatic carbocycles. The maximum Gasteiger partial charge on any atom is 0.227 e. The fraction of sp³-hybridized carbons (Fsp3) is 0.381. The number of carbonyl (C=O) groups excluding carboxylic acids is 1. The maximum atomic E-state index is 12.7. The Morgan fingerprint density at radius 2 is 1.75 bits per heavy atom. The summed E-state index contributed by atoms with van der Waals surface area (Å²) in [4.78, 5) is 12.6. The highest BCUT2D eigenvalue weighted by Gasteiger charge is 2.31. The summed E-state index contributed by atoms with van der Waals surface area (Å²) in [5.74, 6) is -0.295. The van der Waals surface area contributed by atoms with E-state index in [0.717, 1.165) is 16.7 Å². The number of sulfonamides is 1. The van der Waals surface area contributed by atoms with Gasteiger partial charge in [-0.15, -0.1) is 0 Å². The Balaban J connectivity index is 1.58. The van der Waals surface area contributed by atoms with Crippen molar-refractivity contribution in [1.29, 1.82) is 0 Å². The first-order valence-electron chi connectivity index (χ1n) is 9.35. The van der Waals surface area contributed by atoms with Gasteiger partial charge < -0.3 is 5.32 Å². The van der Waals surface area contributed by atoms with E-state index in [1.165, 1.54) is 4.31 Å². The number of carbonyl (C=O) groups is 1. The number of hydrogen-bond donors (Lipinski definition) is 1. The van der Waals surface area contributed by atoms with Crippen LogP contribution in [0.2, 0.25) is 5.02 Å². The zero-order chi connectivity index (χ0) is 20.3. The largest absolute Gasteiger partial charge is 0.326 e. The molecule has 1 fully saturated rings. The lowest BCUT2D eigenvalue weighted by Crippen LogP contribution is -2.41. The van der Waals surface area contributed by atoms with Gasteiger partial charge in [0.15, 0.2) is 0 Å². The first-order chi connectivity index (χ1) is 13.2. The highest BCUT2D eigenvalue weighted by Crippen LogP contribution is 2.25. The molecule has 2 aromatic rings. The van der Waals surface area contributed by atoms with E-state index in [2.05, 4.69) is 5.32 Å². The van der Waals surface area contributed by atoms with Gasteiger partial charge in [-0.2, -0.15) is 0 Å². The van der Waals surface area contributed by atoms with Crippen LogP contribution in [0.4, 0.5) is 5.69 Å². The number of aryl methyl sites for hydroxylation is 2. The van der Waals surface area contributed by atoms with Crippen LogP contribution in [0.5, 0.6) is 0 Å². The van der Waals surface area contributed by atoms with Crippen molar-refractivity contribution in [3.8, 4) is 0 Å². The number of amides is 1. The second-order valence-electron chi connectivity index (χ2n) is 7.36. The summed E-state index contributed by atoms with van der Waals surface area (Å²) in [6, 6.07) is 12.9. The summed E-state index contributed by atoms with van der Waals surface area (Å²) in [6.07, 6.45) is 1.02. The second-order valence-corrected chi connectivity index (χ2v) is 9.77. The molecule has 1 N–H and O–H groups in total. The highest BCUT2D eigenvalue weighted by atomic mass is 35.5. The van der Waals surface area contributed by atoms with Gasteiger partial charge >= 0.3 is 0 Å². The van der Waals surface area contributed by atoms with Crippen LogP contribution >= 0.6 is 11.6 Å². The van der Waals surface area contributed by atoms with E-state index in [0.29, 0.717) is 36.6 Å². The Kier molecular flexibility index (Phi) is 6.43. The van der Waals surface area contributed by atoms with E-state index in [4.69, 9.17) is 11.6 Å². The van der Waals surface area contributed by atoms with Crippen LogP contribution in [0.15, 0.2) is 42.5 Å². The van der Waals surface area contributed by atoms with Crippen molar-refractivity contribution >= 4 is 33.2 Å². The van der Waals surface area contributed by atoms with Gasteiger partial charge in [-0.05, 0) is 49.9 Å². The van der Waals surface area contributed by atoms with Gasteiger partial charge in [0.05, 0.1) is 5.75 Å². The third kappa shape index (κ3) is 5.13. The lowest BCUT2D eigenvalue weighted by Gasteiger charge is -2.30. The summed E-state index contributed by atoms with van der Waals surface area (Å²) in [5.41, 5.74) is 3.52. The van der Waals surface area contributed by atoms with Gasteiger partial charge in [-0.3, -0.25) is 4.79 Å². The first-order valence-corrected chi connectivity index (χ1v) is 11.3. The number of nitrogens with zero attached hydrogens (tertiary/aromatic N) is 1. The molecule has 5 nitrogen and oxygen atoms in total. The van der Waals surface area contributed by atoms with E-state index in [9.17, 15) is 13.2 Å². The number of anilines is 1. The Hall–Kier alpha value is -1.89. The molecule has 0 atom stereocenters. The Labute approximate surface area is 171 Å². The zero-order valence-corrected chi connectivity index (χ0v) is 17.7. The molecule has 28 heavy (non-hydrogen) atoms. The molecule has 0 unspecified atom stereocenters. The van der Waals surface area contributed by atoms with Gasteiger partial charge in [0.25, 0.3) is 0 Å². The second kappa shape index (κ2) is 8.64. The van der Waals surface area contributed by atoms with Crippen molar-refractivity contribution in [2.45, 2.75) is 32.4 Å². The molecule has 0 saturated carbocycles. The average molecular weight is 421 g/mol. The summed E-state index contributed by atoms with van der Waals surface area (Å²) in [5, 5.41) is 3.50. The lowest BCUT2D eigenvalue weighted by molar-refractivity contribution is -0.120. The number of piperidine rings is 1. The Morgan fingerprint density at radius 1 is 1.11 bits per heavy atom. The van der Waals surface area contributed by atoms with Crippen LogP contribution in [-0.2, 0) is 20.6 Å². The molecular weight excluding hydrogens is 396 g/mol. The fourth-order valence-electron chi connectivity index (χ4n) is 3.35. The molecule has 7 heteroatoms. The summed E-state index contributed by atoms with van der Waals surface area (Å²) in [6.45, 7) is 4.60. The summed E-state index contributed by atoms with van der Waals surface area (Å²) < 4.78 is 26.9. The van der Waals surface area contributed by atoms with Gasteiger partial charge in [0, 0.05) is 29.7 Å². The first kappa shape index (κ1) is 20.8. The normalized spacial score (nSPS) is 16.1. The van der Waals surface area contributed by atoms with Crippen molar-refractivity contribution < 1.29 is 13.2 Å². The van der Waals surface area contributed by atoms with Crippen LogP contribution in [0.3, 0.4) is 0 Å². The quantitative estimate of drug-likeness (QED) is 0.790. The molecule has 1 aliphatic heterocycles. The van der Waals surface area contributed by atoms with Crippen LogP contribution in [0.25, 0.3) is 0 Å². The molecule has 0 radical (unpaired) electrons. The number of halogens is 1. The molecule has 1 aliphatic rings. The smallest absolute Gasteiger partial charge is 0.227 e. The van der Waals surface area contributed by atoms with Crippen molar-refractivity contribution in [1.82, 2.24) is 4.31 Å². The summed E-state index contributed by atoms with van der Waals surface area (Å²) in [7, 11) is -3.39. The molecule has 1 saturated heterocycles. The van der Waals surface area contributed by atoms with Crippen molar-refractivity contribution in [2.75, 3.05) is 18.4 Å². The van der Waals surface area contributed by atoms with Crippen LogP contribution in [0, 0.1) is 19.8 Å². The predicted molar refractivity (Wildman–Crippen MR) is 113 cm³/mol. The minimum atomic E-state index is -3.39. The molecular formula is C21H25ClN2O3S. The van der Waals surface area contributed by atoms with E-state index < -0.39 is 10.0 Å². The summed E-state index contributed by atoms with van der Waals surface area (Å²) >= 11 is 6.01. The molecule has 1 heterocycles. The van der Waals surface area contributed by atoms with E-state index >= 15 is 0 Å². The van der Waals surface area contributed by atoms with E-state index in [1.807, 2.05) is 44.2 Å². The van der Waals surface area contributed by atoms with Crippen molar-refractivity contribution in [2.24, 2.45) is 5.92 Å². The SMILES string of the molecule is Cc1ccc(CS(=O)(=O)N2CCC(C(=O)Nc3cc(Cl)ccc3C)CC2)cc1. The Bertz CT molecular complexity index is 950. The van der Waals surface area contributed by atoms with Crippen molar-refractivity contribution in [3.63, 3.8) is 0 Å². The van der Waals surface area contributed by atoms with Gasteiger partial charge in [0.2, 0.25) is 15.9 Å². The lowest BCUT2D eigenvalue weighted by atomic mass is 9.97. The highest BCUT2D eigenvalue weighted by molar-refractivity contribution is 7.88. The molecule has 0 aromatic heterocycles. The molecule has 0 spiro atoms. The zero-order valence-electron chi connectivity index (χ0n) is 16.1. The van der Waals surface area contributed by atoms with Gasteiger partial charge in [-0.1, -0.05) is 47.5 Å². The maximum absolute atomic E-state index is 12.7. The minimum absolute atomic E-state index is 0.00808. The van der Waals surface area contributed by atoms with E-state index in [-0.39, 0.29) is 17.6 Å². The molecule has 3 rings (SSSR count). The van der Waals surface area contributed by atoms with Crippen LogP contribution < -0.4 is 5.32 Å². The van der Waals surface area contributed by atoms with E-state index in [1.54, 1.807) is 12.1 Å². The number of hydrogen-bond acceptors (Lipinski definition) is 3. The average Bonchev–Trinajstić information content (AvgIpc) is 2.66. The third-order valence-corrected chi connectivity index (χ3v) is 7.23. The molecule has 1 amide bonds. The van der Waals surface area contributed by atoms with Crippen molar-refractivity contribution in [3.05, 3.63) is 64.2 Å². The van der Waals surface area contributed by atoms with Gasteiger partial charge in [-0.25, -0.2) is 12.7 Å². The molecule has 0 bridgehead atoms. The Morgan fingerprint density at radius 3 is 2.39 bits per heavy atom. The predicted octanol–water partition coefficient (Wildman–Crippen LogP) is 4.14. The number of nitrogens with one attached hydrogen (secondary N) is 1. The number of rotatable bonds is 5.